The van der Waals surface area contributed by atoms with Crippen molar-refractivity contribution in [2.45, 2.75) is 83.4 Å². The van der Waals surface area contributed by atoms with E-state index in [0.29, 0.717) is 17.6 Å². The lowest BCUT2D eigenvalue weighted by Gasteiger charge is -2.33. The molecule has 3 aromatic rings. The van der Waals surface area contributed by atoms with Gasteiger partial charge in [0.25, 0.3) is 0 Å². The molecule has 1 aliphatic rings. The molecule has 0 bridgehead atoms. The minimum Gasteiger partial charge on any atom is -0.490 e. The average Bonchev–Trinajstić information content (AvgIpc) is 3.08. The molecule has 0 amide bonds. The number of allylic oxidation sites excluding steroid dienone is 1. The third-order valence-electron chi connectivity index (χ3n) is 9.83. The van der Waals surface area contributed by atoms with E-state index >= 15 is 0 Å². The Bertz CT molecular complexity index is 1590. The summed E-state index contributed by atoms with van der Waals surface area (Å²) >= 11 is 0. The summed E-state index contributed by atoms with van der Waals surface area (Å²) in [5.74, 6) is 1.47. The van der Waals surface area contributed by atoms with Gasteiger partial charge in [-0.2, -0.15) is 0 Å². The van der Waals surface area contributed by atoms with Crippen LogP contribution in [0.4, 0.5) is 11.4 Å². The second-order valence-corrected chi connectivity index (χ2v) is 13.0. The van der Waals surface area contributed by atoms with Crippen LogP contribution in [0.15, 0.2) is 93.6 Å². The molecule has 248 valence electrons. The van der Waals surface area contributed by atoms with Crippen LogP contribution in [-0.4, -0.2) is 31.1 Å². The zero-order valence-corrected chi connectivity index (χ0v) is 29.2. The number of rotatable bonds is 16. The molecule has 4 rings (SSSR count). The minimum absolute atomic E-state index is 0.184. The molecule has 2 N–H and O–H groups in total. The predicted molar refractivity (Wildman–Crippen MR) is 206 cm³/mol. The van der Waals surface area contributed by atoms with Gasteiger partial charge < -0.3 is 15.4 Å². The first-order valence-electron chi connectivity index (χ1n) is 17.1. The van der Waals surface area contributed by atoms with Crippen LogP contribution in [-0.2, 0) is 13.0 Å². The van der Waals surface area contributed by atoms with Crippen molar-refractivity contribution in [1.29, 1.82) is 0 Å². The lowest BCUT2D eigenvalue weighted by molar-refractivity contribution is 0.145. The quantitative estimate of drug-likeness (QED) is 0.126. The lowest BCUT2D eigenvalue weighted by Crippen LogP contribution is -2.30. The number of ether oxygens (including phenoxy) is 1. The van der Waals surface area contributed by atoms with Crippen LogP contribution in [0.1, 0.15) is 90.3 Å². The molecule has 0 aromatic heterocycles. The van der Waals surface area contributed by atoms with Crippen LogP contribution in [0, 0.1) is 6.92 Å². The Balaban J connectivity index is 1.50. The maximum Gasteiger partial charge on any atom is 0.124 e. The van der Waals surface area contributed by atoms with Crippen LogP contribution >= 0.6 is 0 Å². The molecule has 1 fully saturated rings. The monoisotopic (exact) mass is 629 g/mol. The molecule has 0 heterocycles. The maximum atomic E-state index is 6.81. The largest absolute Gasteiger partial charge is 0.490 e. The van der Waals surface area contributed by atoms with Crippen molar-refractivity contribution in [3.05, 3.63) is 133 Å². The van der Waals surface area contributed by atoms with E-state index in [2.05, 4.69) is 100.0 Å². The fourth-order valence-corrected chi connectivity index (χ4v) is 6.95. The maximum absolute atomic E-state index is 6.81. The zero-order valence-electron chi connectivity index (χ0n) is 29.2. The molecule has 0 radical (unpaired) electrons. The number of hydrogen-bond acceptors (Lipinski definition) is 4. The molecular weight excluding hydrogens is 574 g/mol. The Labute approximate surface area is 284 Å². The van der Waals surface area contributed by atoms with E-state index in [1.165, 1.54) is 27.8 Å². The molecule has 47 heavy (non-hydrogen) atoms. The summed E-state index contributed by atoms with van der Waals surface area (Å²) in [6.45, 7) is 25.9. The number of nitrogens with two attached hydrogens (primary N) is 1. The van der Waals surface area contributed by atoms with Crippen LogP contribution in [0.25, 0.3) is 17.8 Å². The molecule has 0 aliphatic heterocycles. The highest BCUT2D eigenvalue weighted by Gasteiger charge is 2.27. The smallest absolute Gasteiger partial charge is 0.124 e. The molecule has 1 unspecified atom stereocenters. The molecule has 0 saturated heterocycles. The third-order valence-corrected chi connectivity index (χ3v) is 9.83. The van der Waals surface area contributed by atoms with Gasteiger partial charge in [0.15, 0.2) is 0 Å². The first kappa shape index (κ1) is 35.6. The average molecular weight is 630 g/mol. The summed E-state index contributed by atoms with van der Waals surface area (Å²) < 4.78 is 6.81. The van der Waals surface area contributed by atoms with E-state index in [9.17, 15) is 0 Å². The van der Waals surface area contributed by atoms with Gasteiger partial charge >= 0.3 is 0 Å². The van der Waals surface area contributed by atoms with E-state index in [0.717, 1.165) is 79.8 Å². The van der Waals surface area contributed by atoms with Crippen molar-refractivity contribution in [3.63, 3.8) is 0 Å². The van der Waals surface area contributed by atoms with E-state index in [1.807, 2.05) is 43.5 Å². The molecule has 4 heteroatoms. The van der Waals surface area contributed by atoms with Crippen molar-refractivity contribution >= 4 is 29.2 Å². The SMILES string of the molecule is C=CCCC(C=C)N(C)Cc1c(C=C)cc(C)cc1C1CCC(Oc2cc(N(C)C(=C)c3ccc(N)cc3C=C)ccc2CC)CC1. The normalized spacial score (nSPS) is 16.7. The Kier molecular flexibility index (Phi) is 12.5. The molecular formula is C43H55N3O. The summed E-state index contributed by atoms with van der Waals surface area (Å²) in [7, 11) is 4.25. The van der Waals surface area contributed by atoms with Gasteiger partial charge in [0.2, 0.25) is 0 Å². The van der Waals surface area contributed by atoms with E-state index in [1.54, 1.807) is 0 Å². The number of anilines is 2. The van der Waals surface area contributed by atoms with Crippen LogP contribution < -0.4 is 15.4 Å². The van der Waals surface area contributed by atoms with Crippen molar-refractivity contribution in [2.75, 3.05) is 24.7 Å². The Morgan fingerprint density at radius 2 is 1.68 bits per heavy atom. The number of nitrogen functional groups attached to an aromatic ring is 1. The molecule has 1 aliphatic carbocycles. The Hall–Kier alpha value is -4.28. The standard InChI is InChI=1S/C43H55N3O/c1-10-15-16-37(14-5)45(8)29-42-33(12-3)25-30(6)26-41(42)35-18-22-39(23-19-35)47-43-28-38(21-17-32(43)11-2)46(9)31(7)40-24-20-36(44)27-34(40)13-4/h10,12-14,17,20-21,24-28,35,37,39H,1,3-5,7,11,15-16,18-19,22-23,29,44H2,2,6,8-9H3. The van der Waals surface area contributed by atoms with Gasteiger partial charge in [-0.25, -0.2) is 0 Å². The number of likely N-dealkylation sites (N-methyl/N-ethyl adjacent to an activating group) is 1. The lowest BCUT2D eigenvalue weighted by atomic mass is 9.79. The van der Waals surface area contributed by atoms with Gasteiger partial charge in [-0.1, -0.05) is 80.8 Å². The van der Waals surface area contributed by atoms with E-state index in [-0.39, 0.29) is 6.10 Å². The summed E-state index contributed by atoms with van der Waals surface area (Å²) in [5, 5.41) is 0. The molecule has 1 atom stereocenters. The fourth-order valence-electron chi connectivity index (χ4n) is 6.95. The highest BCUT2D eigenvalue weighted by Crippen LogP contribution is 2.40. The first-order chi connectivity index (χ1) is 22.6. The molecule has 3 aromatic carbocycles. The Morgan fingerprint density at radius 1 is 0.957 bits per heavy atom. The summed E-state index contributed by atoms with van der Waals surface area (Å²) in [4.78, 5) is 4.53. The highest BCUT2D eigenvalue weighted by molar-refractivity contribution is 5.83. The number of benzene rings is 3. The summed E-state index contributed by atoms with van der Waals surface area (Å²) in [6.07, 6.45) is 15.3. The van der Waals surface area contributed by atoms with Gasteiger partial charge in [-0.05, 0) is 111 Å². The van der Waals surface area contributed by atoms with Gasteiger partial charge in [-0.15, -0.1) is 13.2 Å². The second-order valence-electron chi connectivity index (χ2n) is 13.0. The molecule has 0 spiro atoms. The second kappa shape index (κ2) is 16.5. The van der Waals surface area contributed by atoms with Crippen molar-refractivity contribution in [1.82, 2.24) is 4.90 Å². The van der Waals surface area contributed by atoms with E-state index < -0.39 is 0 Å². The predicted octanol–water partition coefficient (Wildman–Crippen LogP) is 10.6. The number of hydrogen-bond donors (Lipinski definition) is 1. The zero-order chi connectivity index (χ0) is 34.1. The summed E-state index contributed by atoms with van der Waals surface area (Å²) in [5.41, 5.74) is 17.3. The van der Waals surface area contributed by atoms with Gasteiger partial charge in [0.1, 0.15) is 5.75 Å². The van der Waals surface area contributed by atoms with E-state index in [4.69, 9.17) is 10.5 Å². The topological polar surface area (TPSA) is 41.7 Å². The fraction of sp³-hybridized carbons (Fsp3) is 0.349. The van der Waals surface area contributed by atoms with Crippen molar-refractivity contribution in [3.8, 4) is 5.75 Å². The summed E-state index contributed by atoms with van der Waals surface area (Å²) in [6, 6.07) is 17.4. The number of nitrogens with zero attached hydrogens (tertiary/aromatic N) is 2. The van der Waals surface area contributed by atoms with Crippen molar-refractivity contribution in [2.24, 2.45) is 0 Å². The van der Waals surface area contributed by atoms with Crippen molar-refractivity contribution < 1.29 is 4.74 Å². The van der Waals surface area contributed by atoms with Gasteiger partial charge in [0.05, 0.1) is 6.10 Å². The van der Waals surface area contributed by atoms with Gasteiger partial charge in [-0.3, -0.25) is 4.90 Å². The molecule has 1 saturated carbocycles. The first-order valence-corrected chi connectivity index (χ1v) is 17.1. The minimum atomic E-state index is 0.184. The highest BCUT2D eigenvalue weighted by atomic mass is 16.5. The molecule has 4 nitrogen and oxygen atoms in total. The Morgan fingerprint density at radius 3 is 2.32 bits per heavy atom. The van der Waals surface area contributed by atoms with Crippen LogP contribution in [0.5, 0.6) is 5.75 Å². The third kappa shape index (κ3) is 8.55. The van der Waals surface area contributed by atoms with Gasteiger partial charge in [0, 0.05) is 48.3 Å². The number of aryl methyl sites for hydroxylation is 2. The van der Waals surface area contributed by atoms with Crippen LogP contribution in [0.3, 0.4) is 0 Å². The van der Waals surface area contributed by atoms with Crippen LogP contribution in [0.2, 0.25) is 0 Å².